The van der Waals surface area contributed by atoms with Crippen LogP contribution < -0.4 is 4.74 Å². The molecule has 0 aromatic heterocycles. The summed E-state index contributed by atoms with van der Waals surface area (Å²) in [5.74, 6) is 0.819. The average Bonchev–Trinajstić information content (AvgIpc) is 2.73. The van der Waals surface area contributed by atoms with Gasteiger partial charge in [0, 0.05) is 52.0 Å². The Morgan fingerprint density at radius 3 is 2.56 bits per heavy atom. The van der Waals surface area contributed by atoms with Crippen LogP contribution in [-0.2, 0) is 14.3 Å². The molecule has 0 unspecified atom stereocenters. The lowest BCUT2D eigenvalue weighted by molar-refractivity contribution is -0.155. The summed E-state index contributed by atoms with van der Waals surface area (Å²) in [5.41, 5.74) is 0.0254. The van der Waals surface area contributed by atoms with Gasteiger partial charge in [-0.2, -0.15) is 0 Å². The van der Waals surface area contributed by atoms with E-state index in [1.54, 1.807) is 0 Å². The summed E-state index contributed by atoms with van der Waals surface area (Å²) in [7, 11) is 0. The van der Waals surface area contributed by atoms with Crippen molar-refractivity contribution in [1.29, 1.82) is 0 Å². The Morgan fingerprint density at radius 1 is 1.07 bits per heavy atom. The smallest absolute Gasteiger partial charge is 0.260 e. The van der Waals surface area contributed by atoms with E-state index in [-0.39, 0.29) is 18.1 Å². The minimum Gasteiger partial charge on any atom is -0.484 e. The van der Waals surface area contributed by atoms with E-state index in [1.807, 2.05) is 35.2 Å². The molecule has 3 fully saturated rings. The van der Waals surface area contributed by atoms with Crippen molar-refractivity contribution in [2.75, 3.05) is 52.6 Å². The number of benzene rings is 1. The summed E-state index contributed by atoms with van der Waals surface area (Å²) < 4.78 is 17.3. The molecule has 0 bridgehead atoms. The molecular weight excluding hydrogens is 344 g/mol. The summed E-state index contributed by atoms with van der Waals surface area (Å²) in [6, 6.07) is 10.1. The first-order valence-corrected chi connectivity index (χ1v) is 10.2. The Balaban J connectivity index is 1.24. The fourth-order valence-electron chi connectivity index (χ4n) is 4.49. The zero-order valence-corrected chi connectivity index (χ0v) is 16.0. The molecule has 1 spiro atoms. The number of ether oxygens (including phenoxy) is 3. The second-order valence-electron chi connectivity index (χ2n) is 7.81. The van der Waals surface area contributed by atoms with Crippen molar-refractivity contribution in [1.82, 2.24) is 9.80 Å². The van der Waals surface area contributed by atoms with Crippen LogP contribution in [0.15, 0.2) is 30.3 Å². The van der Waals surface area contributed by atoms with Gasteiger partial charge in [-0.3, -0.25) is 9.69 Å². The van der Waals surface area contributed by atoms with Crippen molar-refractivity contribution in [3.05, 3.63) is 30.3 Å². The molecule has 3 heterocycles. The Bertz CT molecular complexity index is 604. The van der Waals surface area contributed by atoms with Crippen molar-refractivity contribution in [3.63, 3.8) is 0 Å². The predicted molar refractivity (Wildman–Crippen MR) is 102 cm³/mol. The van der Waals surface area contributed by atoms with Gasteiger partial charge in [-0.05, 0) is 37.8 Å². The van der Waals surface area contributed by atoms with Crippen LogP contribution in [0.2, 0.25) is 0 Å². The van der Waals surface area contributed by atoms with Gasteiger partial charge in [0.1, 0.15) is 5.75 Å². The number of nitrogens with zero attached hydrogens (tertiary/aromatic N) is 2. The second-order valence-corrected chi connectivity index (χ2v) is 7.81. The van der Waals surface area contributed by atoms with Gasteiger partial charge in [-0.1, -0.05) is 18.2 Å². The third-order valence-corrected chi connectivity index (χ3v) is 6.16. The van der Waals surface area contributed by atoms with E-state index in [9.17, 15) is 4.79 Å². The molecule has 1 aromatic carbocycles. The summed E-state index contributed by atoms with van der Waals surface area (Å²) >= 11 is 0. The number of hydrogen-bond acceptors (Lipinski definition) is 5. The molecule has 3 aliphatic heterocycles. The average molecular weight is 374 g/mol. The molecule has 148 valence electrons. The minimum atomic E-state index is 0.0254. The fraction of sp³-hybridized carbons (Fsp3) is 0.667. The SMILES string of the molecule is O=C(COc1ccccc1)N1CCN([C@H]2CCOC3(CCOCC3)C2)CC1. The van der Waals surface area contributed by atoms with Crippen LogP contribution in [0.1, 0.15) is 25.7 Å². The summed E-state index contributed by atoms with van der Waals surface area (Å²) in [6.45, 7) is 6.03. The third-order valence-electron chi connectivity index (χ3n) is 6.16. The zero-order chi connectivity index (χ0) is 18.5. The Kier molecular flexibility index (Phi) is 5.95. The Hall–Kier alpha value is -1.63. The van der Waals surface area contributed by atoms with Crippen molar-refractivity contribution >= 4 is 5.91 Å². The van der Waals surface area contributed by atoms with E-state index in [2.05, 4.69) is 4.90 Å². The van der Waals surface area contributed by atoms with E-state index in [1.165, 1.54) is 0 Å². The normalized spacial score (nSPS) is 26.1. The quantitative estimate of drug-likeness (QED) is 0.806. The maximum absolute atomic E-state index is 12.4. The number of amides is 1. The van der Waals surface area contributed by atoms with Crippen molar-refractivity contribution in [2.45, 2.75) is 37.3 Å². The molecule has 3 aliphatic rings. The maximum atomic E-state index is 12.4. The maximum Gasteiger partial charge on any atom is 0.260 e. The van der Waals surface area contributed by atoms with Crippen LogP contribution in [0.25, 0.3) is 0 Å². The van der Waals surface area contributed by atoms with Gasteiger partial charge in [-0.15, -0.1) is 0 Å². The summed E-state index contributed by atoms with van der Waals surface area (Å²) in [5, 5.41) is 0. The standard InChI is InChI=1S/C21H30N2O4/c24-20(17-26-19-4-2-1-3-5-19)23-11-9-22(10-12-23)18-6-13-27-21(16-18)7-14-25-15-8-21/h1-5,18H,6-17H2/t18-/m0/s1. The highest BCUT2D eigenvalue weighted by Gasteiger charge is 2.41. The molecule has 0 radical (unpaired) electrons. The Morgan fingerprint density at radius 2 is 1.81 bits per heavy atom. The number of para-hydroxylation sites is 1. The van der Waals surface area contributed by atoms with Gasteiger partial charge in [-0.25, -0.2) is 0 Å². The fourth-order valence-corrected chi connectivity index (χ4v) is 4.49. The molecule has 0 aliphatic carbocycles. The molecule has 6 heteroatoms. The summed E-state index contributed by atoms with van der Waals surface area (Å²) in [4.78, 5) is 16.9. The van der Waals surface area contributed by atoms with Gasteiger partial charge in [0.25, 0.3) is 5.91 Å². The van der Waals surface area contributed by atoms with Crippen molar-refractivity contribution in [3.8, 4) is 5.75 Å². The largest absolute Gasteiger partial charge is 0.484 e. The molecule has 3 saturated heterocycles. The first kappa shape index (κ1) is 18.7. The third kappa shape index (κ3) is 4.62. The van der Waals surface area contributed by atoms with Crippen LogP contribution in [0.3, 0.4) is 0 Å². The molecule has 0 saturated carbocycles. The van der Waals surface area contributed by atoms with Gasteiger partial charge in [0.15, 0.2) is 6.61 Å². The van der Waals surface area contributed by atoms with Crippen molar-refractivity contribution < 1.29 is 19.0 Å². The monoisotopic (exact) mass is 374 g/mol. The lowest BCUT2D eigenvalue weighted by Crippen LogP contribution is -2.57. The number of carbonyl (C=O) groups is 1. The molecule has 1 atom stereocenters. The van der Waals surface area contributed by atoms with Crippen molar-refractivity contribution in [2.24, 2.45) is 0 Å². The highest BCUT2D eigenvalue weighted by Crippen LogP contribution is 2.36. The molecular formula is C21H30N2O4. The molecule has 6 nitrogen and oxygen atoms in total. The van der Waals surface area contributed by atoms with E-state index in [0.29, 0.717) is 6.04 Å². The van der Waals surface area contributed by atoms with Crippen LogP contribution in [0.4, 0.5) is 0 Å². The molecule has 0 N–H and O–H groups in total. The van der Waals surface area contributed by atoms with E-state index < -0.39 is 0 Å². The van der Waals surface area contributed by atoms with Crippen LogP contribution >= 0.6 is 0 Å². The molecule has 4 rings (SSSR count). The topological polar surface area (TPSA) is 51.2 Å². The Labute approximate surface area is 161 Å². The van der Waals surface area contributed by atoms with Crippen LogP contribution in [0.5, 0.6) is 5.75 Å². The minimum absolute atomic E-state index is 0.0254. The number of piperazine rings is 1. The predicted octanol–water partition coefficient (Wildman–Crippen LogP) is 1.94. The van der Waals surface area contributed by atoms with Gasteiger partial charge in [0.2, 0.25) is 0 Å². The lowest BCUT2D eigenvalue weighted by atomic mass is 9.83. The van der Waals surface area contributed by atoms with Gasteiger partial charge >= 0.3 is 0 Å². The van der Waals surface area contributed by atoms with Gasteiger partial charge < -0.3 is 19.1 Å². The summed E-state index contributed by atoms with van der Waals surface area (Å²) in [6.07, 6.45) is 4.21. The van der Waals surface area contributed by atoms with E-state index >= 15 is 0 Å². The lowest BCUT2D eigenvalue weighted by Gasteiger charge is -2.48. The van der Waals surface area contributed by atoms with Crippen LogP contribution in [0, 0.1) is 0 Å². The first-order chi connectivity index (χ1) is 13.2. The second kappa shape index (κ2) is 8.59. The number of rotatable bonds is 4. The van der Waals surface area contributed by atoms with E-state index in [4.69, 9.17) is 14.2 Å². The molecule has 1 amide bonds. The van der Waals surface area contributed by atoms with Crippen LogP contribution in [-0.4, -0.2) is 80.0 Å². The highest BCUT2D eigenvalue weighted by molar-refractivity contribution is 5.77. The molecule has 27 heavy (non-hydrogen) atoms. The first-order valence-electron chi connectivity index (χ1n) is 10.2. The van der Waals surface area contributed by atoms with Gasteiger partial charge in [0.05, 0.1) is 5.60 Å². The zero-order valence-electron chi connectivity index (χ0n) is 16.0. The number of hydrogen-bond donors (Lipinski definition) is 0. The number of carbonyl (C=O) groups excluding carboxylic acids is 1. The highest BCUT2D eigenvalue weighted by atomic mass is 16.5. The molecule has 1 aromatic rings. The van der Waals surface area contributed by atoms with E-state index in [0.717, 1.165) is 77.4 Å².